The van der Waals surface area contributed by atoms with Gasteiger partial charge in [-0.15, -0.1) is 0 Å². The van der Waals surface area contributed by atoms with E-state index in [0.717, 1.165) is 63.8 Å². The number of hydrogen-bond donors (Lipinski definition) is 1. The van der Waals surface area contributed by atoms with Crippen LogP contribution in [0.3, 0.4) is 0 Å². The molecular formula is C25H33N3O2. The van der Waals surface area contributed by atoms with Gasteiger partial charge in [0.15, 0.2) is 5.96 Å². The summed E-state index contributed by atoms with van der Waals surface area (Å²) in [6.07, 6.45) is 3.22. The third-order valence-electron chi connectivity index (χ3n) is 6.71. The summed E-state index contributed by atoms with van der Waals surface area (Å²) >= 11 is 0. The Morgan fingerprint density at radius 3 is 2.53 bits per heavy atom. The fourth-order valence-electron chi connectivity index (χ4n) is 4.80. The molecule has 2 aliphatic rings. The average molecular weight is 408 g/mol. The first-order valence-electron chi connectivity index (χ1n) is 11.0. The number of hydrogen-bond acceptors (Lipinski definition) is 3. The summed E-state index contributed by atoms with van der Waals surface area (Å²) in [5, 5.41) is 3.71. The van der Waals surface area contributed by atoms with Crippen LogP contribution in [0.25, 0.3) is 0 Å². The molecule has 5 nitrogen and oxygen atoms in total. The van der Waals surface area contributed by atoms with Crippen molar-refractivity contribution in [3.63, 3.8) is 0 Å². The molecule has 2 saturated heterocycles. The second-order valence-corrected chi connectivity index (χ2v) is 8.36. The molecule has 5 heteroatoms. The van der Waals surface area contributed by atoms with Gasteiger partial charge in [0.05, 0.1) is 7.11 Å². The van der Waals surface area contributed by atoms with Crippen molar-refractivity contribution in [2.75, 3.05) is 47.0 Å². The van der Waals surface area contributed by atoms with Crippen LogP contribution < -0.4 is 10.1 Å². The van der Waals surface area contributed by atoms with Crippen molar-refractivity contribution in [1.82, 2.24) is 10.2 Å². The lowest BCUT2D eigenvalue weighted by atomic mass is 9.74. The molecule has 2 aromatic carbocycles. The van der Waals surface area contributed by atoms with Crippen molar-refractivity contribution in [2.45, 2.75) is 30.6 Å². The van der Waals surface area contributed by atoms with Gasteiger partial charge in [-0.1, -0.05) is 42.5 Å². The molecular weight excluding hydrogens is 374 g/mol. The van der Waals surface area contributed by atoms with E-state index in [2.05, 4.69) is 69.8 Å². The van der Waals surface area contributed by atoms with Crippen molar-refractivity contribution < 1.29 is 9.47 Å². The molecule has 0 saturated carbocycles. The molecule has 0 bridgehead atoms. The van der Waals surface area contributed by atoms with E-state index in [1.54, 1.807) is 7.11 Å². The first-order chi connectivity index (χ1) is 14.7. The highest BCUT2D eigenvalue weighted by Crippen LogP contribution is 2.34. The molecule has 1 atom stereocenters. The number of aliphatic imine (C=N–C) groups is 1. The maximum atomic E-state index is 5.68. The van der Waals surface area contributed by atoms with Crippen LogP contribution >= 0.6 is 0 Å². The Kier molecular flexibility index (Phi) is 6.58. The Morgan fingerprint density at radius 2 is 1.87 bits per heavy atom. The quantitative estimate of drug-likeness (QED) is 0.605. The van der Waals surface area contributed by atoms with Gasteiger partial charge in [-0.2, -0.15) is 0 Å². The topological polar surface area (TPSA) is 46.1 Å². The molecule has 2 aliphatic heterocycles. The summed E-state index contributed by atoms with van der Waals surface area (Å²) < 4.78 is 11.0. The molecule has 30 heavy (non-hydrogen) atoms. The third kappa shape index (κ3) is 4.46. The van der Waals surface area contributed by atoms with Gasteiger partial charge in [0.25, 0.3) is 0 Å². The number of benzene rings is 2. The van der Waals surface area contributed by atoms with Crippen LogP contribution in [0.15, 0.2) is 59.6 Å². The highest BCUT2D eigenvalue weighted by molar-refractivity contribution is 5.80. The molecule has 0 radical (unpaired) electrons. The summed E-state index contributed by atoms with van der Waals surface area (Å²) in [4.78, 5) is 7.01. The standard InChI is InChI=1S/C25H33N3O2/c1-26-24(28-15-12-21(18-28)20-8-10-23(29-2)11-9-20)27-19-25(13-16-30-17-14-25)22-6-4-3-5-7-22/h3-11,21H,12-19H2,1-2H3,(H,26,27). The van der Waals surface area contributed by atoms with Gasteiger partial charge in [-0.25, -0.2) is 0 Å². The summed E-state index contributed by atoms with van der Waals surface area (Å²) in [7, 11) is 3.60. The zero-order valence-corrected chi connectivity index (χ0v) is 18.1. The Balaban J connectivity index is 1.41. The lowest BCUT2D eigenvalue weighted by Crippen LogP contribution is -2.48. The van der Waals surface area contributed by atoms with E-state index >= 15 is 0 Å². The highest BCUT2D eigenvalue weighted by atomic mass is 16.5. The molecule has 0 amide bonds. The van der Waals surface area contributed by atoms with Crippen molar-refractivity contribution in [3.05, 3.63) is 65.7 Å². The zero-order chi connectivity index (χ0) is 20.8. The number of guanidine groups is 1. The maximum Gasteiger partial charge on any atom is 0.193 e. The molecule has 160 valence electrons. The molecule has 2 fully saturated rings. The molecule has 0 aromatic heterocycles. The van der Waals surface area contributed by atoms with Crippen molar-refractivity contribution >= 4 is 5.96 Å². The highest BCUT2D eigenvalue weighted by Gasteiger charge is 2.35. The Bertz CT molecular complexity index is 829. The van der Waals surface area contributed by atoms with E-state index < -0.39 is 0 Å². The van der Waals surface area contributed by atoms with Crippen LogP contribution in [0.1, 0.15) is 36.3 Å². The molecule has 0 spiro atoms. The third-order valence-corrected chi connectivity index (χ3v) is 6.71. The maximum absolute atomic E-state index is 5.68. The second kappa shape index (κ2) is 9.52. The normalized spacial score (nSPS) is 21.5. The van der Waals surface area contributed by atoms with Crippen molar-refractivity contribution in [2.24, 2.45) is 4.99 Å². The van der Waals surface area contributed by atoms with Crippen LogP contribution in [0.4, 0.5) is 0 Å². The van der Waals surface area contributed by atoms with Gasteiger partial charge >= 0.3 is 0 Å². The van der Waals surface area contributed by atoms with Gasteiger partial charge in [-0.3, -0.25) is 4.99 Å². The average Bonchev–Trinajstić information content (AvgIpc) is 3.31. The number of nitrogens with one attached hydrogen (secondary N) is 1. The van der Waals surface area contributed by atoms with Crippen LogP contribution in [-0.4, -0.2) is 57.9 Å². The summed E-state index contributed by atoms with van der Waals surface area (Å²) in [6.45, 7) is 4.54. The number of ether oxygens (including phenoxy) is 2. The van der Waals surface area contributed by atoms with Crippen LogP contribution in [-0.2, 0) is 10.2 Å². The van der Waals surface area contributed by atoms with Crippen LogP contribution in [0.5, 0.6) is 5.75 Å². The van der Waals surface area contributed by atoms with Gasteiger partial charge < -0.3 is 19.7 Å². The Labute approximate surface area is 180 Å². The summed E-state index contributed by atoms with van der Waals surface area (Å²) in [5.74, 6) is 2.45. The molecule has 2 aromatic rings. The fourth-order valence-corrected chi connectivity index (χ4v) is 4.80. The minimum absolute atomic E-state index is 0.102. The monoisotopic (exact) mass is 407 g/mol. The van der Waals surface area contributed by atoms with Crippen LogP contribution in [0.2, 0.25) is 0 Å². The van der Waals surface area contributed by atoms with Gasteiger partial charge in [-0.05, 0) is 42.5 Å². The van der Waals surface area contributed by atoms with E-state index in [4.69, 9.17) is 9.47 Å². The minimum Gasteiger partial charge on any atom is -0.497 e. The predicted octanol–water partition coefficient (Wildman–Crippen LogP) is 3.81. The van der Waals surface area contributed by atoms with Gasteiger partial charge in [0.2, 0.25) is 0 Å². The van der Waals surface area contributed by atoms with E-state index in [1.165, 1.54) is 11.1 Å². The zero-order valence-electron chi connectivity index (χ0n) is 18.1. The second-order valence-electron chi connectivity index (χ2n) is 8.36. The first-order valence-corrected chi connectivity index (χ1v) is 11.0. The smallest absolute Gasteiger partial charge is 0.193 e. The van der Waals surface area contributed by atoms with E-state index in [1.807, 2.05) is 7.05 Å². The van der Waals surface area contributed by atoms with Gasteiger partial charge in [0, 0.05) is 51.2 Å². The number of likely N-dealkylation sites (tertiary alicyclic amines) is 1. The number of nitrogens with zero attached hydrogens (tertiary/aromatic N) is 2. The Morgan fingerprint density at radius 1 is 1.13 bits per heavy atom. The number of methoxy groups -OCH3 is 1. The van der Waals surface area contributed by atoms with Crippen molar-refractivity contribution in [3.8, 4) is 5.75 Å². The minimum atomic E-state index is 0.102. The number of rotatable bonds is 5. The van der Waals surface area contributed by atoms with Crippen LogP contribution in [0, 0.1) is 0 Å². The molecule has 2 heterocycles. The molecule has 1 N–H and O–H groups in total. The predicted molar refractivity (Wildman–Crippen MR) is 121 cm³/mol. The largest absolute Gasteiger partial charge is 0.497 e. The first kappa shape index (κ1) is 20.7. The van der Waals surface area contributed by atoms with E-state index in [9.17, 15) is 0 Å². The SMILES string of the molecule is CN=C(NCC1(c2ccccc2)CCOCC1)N1CCC(c2ccc(OC)cc2)C1. The molecule has 1 unspecified atom stereocenters. The van der Waals surface area contributed by atoms with Gasteiger partial charge in [0.1, 0.15) is 5.75 Å². The lowest BCUT2D eigenvalue weighted by Gasteiger charge is -2.39. The van der Waals surface area contributed by atoms with E-state index in [-0.39, 0.29) is 5.41 Å². The fraction of sp³-hybridized carbons (Fsp3) is 0.480. The molecule has 0 aliphatic carbocycles. The van der Waals surface area contributed by atoms with E-state index in [0.29, 0.717) is 5.92 Å². The summed E-state index contributed by atoms with van der Waals surface area (Å²) in [6, 6.07) is 19.4. The molecule has 4 rings (SSSR count). The Hall–Kier alpha value is -2.53. The summed E-state index contributed by atoms with van der Waals surface area (Å²) in [5.41, 5.74) is 2.87. The van der Waals surface area contributed by atoms with Crippen molar-refractivity contribution in [1.29, 1.82) is 0 Å². The lowest BCUT2D eigenvalue weighted by molar-refractivity contribution is 0.0512.